The van der Waals surface area contributed by atoms with Crippen LogP contribution in [0.25, 0.3) is 16.8 Å². The van der Waals surface area contributed by atoms with Crippen LogP contribution in [-0.2, 0) is 12.8 Å². The summed E-state index contributed by atoms with van der Waals surface area (Å²) in [4.78, 5) is 15.0. The number of aromatic nitrogens is 4. The van der Waals surface area contributed by atoms with E-state index in [0.29, 0.717) is 18.7 Å². The number of amides is 1. The standard InChI is InChI=1S/C21H19N5O/c27-21(16-7-13-26-17(14-16)6-10-22-26)25-11-8-18-19(9-12-25)23-24-20(18)15-4-2-1-3-5-15/h1-7,10,13-14H,8-9,11-12H2,(H,23,24). The normalized spacial score (nSPS) is 14.1. The number of carbonyl (C=O) groups is 1. The number of hydrogen-bond donors (Lipinski definition) is 1. The van der Waals surface area contributed by atoms with E-state index in [4.69, 9.17) is 0 Å². The van der Waals surface area contributed by atoms with Crippen molar-refractivity contribution < 1.29 is 4.79 Å². The molecule has 5 rings (SSSR count). The number of rotatable bonds is 2. The van der Waals surface area contributed by atoms with Crippen molar-refractivity contribution in [1.82, 2.24) is 24.7 Å². The number of pyridine rings is 1. The second-order valence-corrected chi connectivity index (χ2v) is 6.80. The van der Waals surface area contributed by atoms with Crippen LogP contribution in [0.4, 0.5) is 0 Å². The first kappa shape index (κ1) is 15.8. The maximum atomic E-state index is 13.0. The molecule has 0 fully saturated rings. The minimum Gasteiger partial charge on any atom is -0.338 e. The highest BCUT2D eigenvalue weighted by Crippen LogP contribution is 2.27. The molecule has 6 heteroatoms. The van der Waals surface area contributed by atoms with E-state index >= 15 is 0 Å². The van der Waals surface area contributed by atoms with Crippen molar-refractivity contribution in [3.05, 3.63) is 77.7 Å². The van der Waals surface area contributed by atoms with Gasteiger partial charge in [0.2, 0.25) is 0 Å². The van der Waals surface area contributed by atoms with Gasteiger partial charge in [0.1, 0.15) is 0 Å². The molecule has 4 aromatic rings. The highest BCUT2D eigenvalue weighted by Gasteiger charge is 2.23. The predicted molar refractivity (Wildman–Crippen MR) is 103 cm³/mol. The molecular formula is C21H19N5O. The molecule has 4 heterocycles. The molecular weight excluding hydrogens is 338 g/mol. The van der Waals surface area contributed by atoms with E-state index in [1.165, 1.54) is 5.56 Å². The Balaban J connectivity index is 1.39. The van der Waals surface area contributed by atoms with Crippen LogP contribution in [0.5, 0.6) is 0 Å². The number of nitrogens with one attached hydrogen (secondary N) is 1. The van der Waals surface area contributed by atoms with Crippen molar-refractivity contribution in [2.24, 2.45) is 0 Å². The summed E-state index contributed by atoms with van der Waals surface area (Å²) in [5.41, 5.74) is 6.10. The molecule has 0 radical (unpaired) electrons. The van der Waals surface area contributed by atoms with E-state index in [1.54, 1.807) is 10.7 Å². The van der Waals surface area contributed by atoms with Crippen molar-refractivity contribution in [3.8, 4) is 11.3 Å². The fraction of sp³-hybridized carbons (Fsp3) is 0.190. The van der Waals surface area contributed by atoms with E-state index in [1.807, 2.05) is 47.5 Å². The molecule has 0 saturated heterocycles. The van der Waals surface area contributed by atoms with Crippen LogP contribution >= 0.6 is 0 Å². The predicted octanol–water partition coefficient (Wildman–Crippen LogP) is 2.97. The van der Waals surface area contributed by atoms with Crippen molar-refractivity contribution in [2.75, 3.05) is 13.1 Å². The van der Waals surface area contributed by atoms with Crippen LogP contribution in [-0.4, -0.2) is 43.7 Å². The van der Waals surface area contributed by atoms with Gasteiger partial charge in [0.15, 0.2) is 0 Å². The minimum atomic E-state index is 0.0677. The monoisotopic (exact) mass is 357 g/mol. The second kappa shape index (κ2) is 6.39. The van der Waals surface area contributed by atoms with E-state index in [0.717, 1.165) is 35.3 Å². The Labute approximate surface area is 156 Å². The number of aromatic amines is 1. The molecule has 1 aliphatic rings. The van der Waals surface area contributed by atoms with Gasteiger partial charge in [0, 0.05) is 54.3 Å². The Hall–Kier alpha value is -3.41. The van der Waals surface area contributed by atoms with Gasteiger partial charge >= 0.3 is 0 Å². The SMILES string of the molecule is O=C(c1ccn2nccc2c1)N1CCc2[nH]nc(-c3ccccc3)c2CC1. The first-order valence-corrected chi connectivity index (χ1v) is 9.14. The number of H-pyrrole nitrogens is 1. The molecule has 6 nitrogen and oxygen atoms in total. The van der Waals surface area contributed by atoms with E-state index in [9.17, 15) is 4.79 Å². The van der Waals surface area contributed by atoms with E-state index in [2.05, 4.69) is 27.4 Å². The minimum absolute atomic E-state index is 0.0677. The molecule has 0 saturated carbocycles. The largest absolute Gasteiger partial charge is 0.338 e. The lowest BCUT2D eigenvalue weighted by Gasteiger charge is -2.20. The summed E-state index contributed by atoms with van der Waals surface area (Å²) in [5, 5.41) is 11.9. The molecule has 0 unspecified atom stereocenters. The molecule has 27 heavy (non-hydrogen) atoms. The topological polar surface area (TPSA) is 66.3 Å². The Kier molecular flexibility index (Phi) is 3.74. The zero-order chi connectivity index (χ0) is 18.2. The summed E-state index contributed by atoms with van der Waals surface area (Å²) in [6, 6.07) is 15.8. The summed E-state index contributed by atoms with van der Waals surface area (Å²) in [6.07, 6.45) is 5.16. The number of hydrogen-bond acceptors (Lipinski definition) is 3. The zero-order valence-electron chi connectivity index (χ0n) is 14.8. The first-order chi connectivity index (χ1) is 13.3. The molecule has 0 atom stereocenters. The maximum absolute atomic E-state index is 13.0. The van der Waals surface area contributed by atoms with Crippen molar-refractivity contribution >= 4 is 11.4 Å². The van der Waals surface area contributed by atoms with Gasteiger partial charge in [-0.25, -0.2) is 4.52 Å². The number of nitrogens with zero attached hydrogens (tertiary/aromatic N) is 4. The highest BCUT2D eigenvalue weighted by atomic mass is 16.2. The Morgan fingerprint density at radius 3 is 2.78 bits per heavy atom. The van der Waals surface area contributed by atoms with Gasteiger partial charge in [-0.1, -0.05) is 30.3 Å². The average molecular weight is 357 g/mol. The summed E-state index contributed by atoms with van der Waals surface area (Å²) in [6.45, 7) is 1.38. The molecule has 0 spiro atoms. The zero-order valence-corrected chi connectivity index (χ0v) is 14.8. The van der Waals surface area contributed by atoms with Crippen LogP contribution in [0, 0.1) is 0 Å². The number of fused-ring (bicyclic) bond motifs is 2. The molecule has 1 amide bonds. The van der Waals surface area contributed by atoms with E-state index in [-0.39, 0.29) is 5.91 Å². The Morgan fingerprint density at radius 2 is 1.89 bits per heavy atom. The molecule has 1 N–H and O–H groups in total. The van der Waals surface area contributed by atoms with Gasteiger partial charge < -0.3 is 4.90 Å². The lowest BCUT2D eigenvalue weighted by molar-refractivity contribution is 0.0763. The van der Waals surface area contributed by atoms with Crippen LogP contribution in [0.1, 0.15) is 21.6 Å². The van der Waals surface area contributed by atoms with Crippen LogP contribution < -0.4 is 0 Å². The third-order valence-electron chi connectivity index (χ3n) is 5.20. The van der Waals surface area contributed by atoms with Crippen LogP contribution in [0.2, 0.25) is 0 Å². The van der Waals surface area contributed by atoms with Gasteiger partial charge in [0.05, 0.1) is 11.2 Å². The van der Waals surface area contributed by atoms with Crippen LogP contribution in [0.3, 0.4) is 0 Å². The number of benzene rings is 1. The molecule has 0 bridgehead atoms. The summed E-state index contributed by atoms with van der Waals surface area (Å²) in [7, 11) is 0. The third-order valence-corrected chi connectivity index (χ3v) is 5.20. The van der Waals surface area contributed by atoms with Gasteiger partial charge in [0.25, 0.3) is 5.91 Å². The smallest absolute Gasteiger partial charge is 0.254 e. The van der Waals surface area contributed by atoms with E-state index < -0.39 is 0 Å². The summed E-state index contributed by atoms with van der Waals surface area (Å²) in [5.74, 6) is 0.0677. The fourth-order valence-electron chi connectivity index (χ4n) is 3.76. The Bertz CT molecular complexity index is 1110. The van der Waals surface area contributed by atoms with Crippen molar-refractivity contribution in [2.45, 2.75) is 12.8 Å². The van der Waals surface area contributed by atoms with Gasteiger partial charge in [-0.05, 0) is 24.6 Å². The van der Waals surface area contributed by atoms with Gasteiger partial charge in [-0.15, -0.1) is 0 Å². The lowest BCUT2D eigenvalue weighted by Crippen LogP contribution is -2.33. The number of carbonyl (C=O) groups excluding carboxylic acids is 1. The Morgan fingerprint density at radius 1 is 1.04 bits per heavy atom. The average Bonchev–Trinajstić information content (AvgIpc) is 3.29. The third kappa shape index (κ3) is 2.79. The van der Waals surface area contributed by atoms with Crippen LogP contribution in [0.15, 0.2) is 60.9 Å². The van der Waals surface area contributed by atoms with Gasteiger partial charge in [-0.3, -0.25) is 9.89 Å². The molecule has 3 aromatic heterocycles. The molecule has 134 valence electrons. The molecule has 0 aliphatic carbocycles. The lowest BCUT2D eigenvalue weighted by atomic mass is 10.0. The quantitative estimate of drug-likeness (QED) is 0.600. The maximum Gasteiger partial charge on any atom is 0.254 e. The molecule has 1 aromatic carbocycles. The second-order valence-electron chi connectivity index (χ2n) is 6.80. The molecule has 1 aliphatic heterocycles. The highest BCUT2D eigenvalue weighted by molar-refractivity contribution is 5.95. The first-order valence-electron chi connectivity index (χ1n) is 9.14. The van der Waals surface area contributed by atoms with Crippen molar-refractivity contribution in [1.29, 1.82) is 0 Å². The van der Waals surface area contributed by atoms with Crippen molar-refractivity contribution in [3.63, 3.8) is 0 Å². The van der Waals surface area contributed by atoms with Gasteiger partial charge in [-0.2, -0.15) is 10.2 Å². The fourth-order valence-corrected chi connectivity index (χ4v) is 3.76. The summed E-state index contributed by atoms with van der Waals surface area (Å²) < 4.78 is 1.77. The summed E-state index contributed by atoms with van der Waals surface area (Å²) >= 11 is 0.